The van der Waals surface area contributed by atoms with Crippen molar-refractivity contribution in [3.63, 3.8) is 0 Å². The minimum atomic E-state index is -3.04. The molecule has 1 amide bonds. The first kappa shape index (κ1) is 16.5. The first-order chi connectivity index (χ1) is 11.0. The van der Waals surface area contributed by atoms with E-state index in [2.05, 4.69) is 12.1 Å². The predicted octanol–water partition coefficient (Wildman–Crippen LogP) is 0.800. The molecule has 0 bridgehead atoms. The third-order valence-electron chi connectivity index (χ3n) is 4.91. The summed E-state index contributed by atoms with van der Waals surface area (Å²) in [5.41, 5.74) is 2.62. The van der Waals surface area contributed by atoms with Gasteiger partial charge in [0, 0.05) is 19.0 Å². The fraction of sp³-hybridized carbons (Fsp3) is 0.588. The molecule has 126 valence electrons. The Morgan fingerprint density at radius 2 is 1.87 bits per heavy atom. The van der Waals surface area contributed by atoms with Crippen LogP contribution in [-0.4, -0.2) is 55.0 Å². The molecule has 0 aromatic heterocycles. The lowest BCUT2D eigenvalue weighted by molar-refractivity contribution is -0.134. The van der Waals surface area contributed by atoms with Crippen LogP contribution in [0.2, 0.25) is 0 Å². The number of aliphatic hydroxyl groups is 1. The molecular weight excluding hydrogens is 314 g/mol. The molecule has 1 fully saturated rings. The molecule has 2 aliphatic rings. The molecule has 1 saturated heterocycles. The van der Waals surface area contributed by atoms with Crippen molar-refractivity contribution in [2.75, 3.05) is 24.7 Å². The van der Waals surface area contributed by atoms with E-state index in [9.17, 15) is 18.3 Å². The van der Waals surface area contributed by atoms with Crippen LogP contribution in [0.4, 0.5) is 0 Å². The van der Waals surface area contributed by atoms with E-state index in [0.717, 1.165) is 12.8 Å². The molecule has 1 unspecified atom stereocenters. The van der Waals surface area contributed by atoms with Crippen LogP contribution in [0.1, 0.15) is 24.0 Å². The van der Waals surface area contributed by atoms with Crippen molar-refractivity contribution in [2.24, 2.45) is 5.92 Å². The second kappa shape index (κ2) is 6.61. The standard InChI is InChI=1S/C17H23NO4S/c19-7-6-18(16-5-8-23(21,22)12-16)17(20)11-13-9-14-3-1-2-4-15(14)10-13/h1-4,13,16,19H,5-12H2. The van der Waals surface area contributed by atoms with Gasteiger partial charge in [-0.1, -0.05) is 24.3 Å². The van der Waals surface area contributed by atoms with E-state index >= 15 is 0 Å². The van der Waals surface area contributed by atoms with Crippen LogP contribution in [0.25, 0.3) is 0 Å². The molecule has 0 radical (unpaired) electrons. The number of aliphatic hydroxyl groups excluding tert-OH is 1. The van der Waals surface area contributed by atoms with E-state index in [4.69, 9.17) is 0 Å². The number of carbonyl (C=O) groups excluding carboxylic acids is 1. The quantitative estimate of drug-likeness (QED) is 0.862. The summed E-state index contributed by atoms with van der Waals surface area (Å²) in [5, 5.41) is 9.24. The van der Waals surface area contributed by atoms with Crippen LogP contribution < -0.4 is 0 Å². The third-order valence-corrected chi connectivity index (χ3v) is 6.66. The SMILES string of the molecule is O=C(CC1Cc2ccccc2C1)N(CCO)C1CCS(=O)(=O)C1. The molecule has 1 aliphatic carbocycles. The van der Waals surface area contributed by atoms with Gasteiger partial charge in [-0.05, 0) is 36.3 Å². The van der Waals surface area contributed by atoms with E-state index in [0.29, 0.717) is 12.8 Å². The third kappa shape index (κ3) is 3.75. The van der Waals surface area contributed by atoms with Crippen LogP contribution in [-0.2, 0) is 27.5 Å². The molecule has 1 atom stereocenters. The van der Waals surface area contributed by atoms with Gasteiger partial charge in [0.25, 0.3) is 0 Å². The van der Waals surface area contributed by atoms with Gasteiger partial charge in [0.2, 0.25) is 5.91 Å². The summed E-state index contributed by atoms with van der Waals surface area (Å²) < 4.78 is 23.3. The fourth-order valence-electron chi connectivity index (χ4n) is 3.80. The highest BCUT2D eigenvalue weighted by Gasteiger charge is 2.35. The number of rotatable bonds is 5. The van der Waals surface area contributed by atoms with Crippen LogP contribution in [0, 0.1) is 5.92 Å². The lowest BCUT2D eigenvalue weighted by Gasteiger charge is -2.28. The maximum absolute atomic E-state index is 12.7. The highest BCUT2D eigenvalue weighted by atomic mass is 32.2. The molecule has 1 heterocycles. The molecular formula is C17H23NO4S. The lowest BCUT2D eigenvalue weighted by Crippen LogP contribution is -2.43. The number of hydrogen-bond acceptors (Lipinski definition) is 4. The van der Waals surface area contributed by atoms with E-state index in [1.165, 1.54) is 11.1 Å². The minimum absolute atomic E-state index is 0.0287. The molecule has 1 aromatic carbocycles. The highest BCUT2D eigenvalue weighted by molar-refractivity contribution is 7.91. The molecule has 1 aromatic rings. The Labute approximate surface area is 137 Å². The molecule has 0 spiro atoms. The lowest BCUT2D eigenvalue weighted by atomic mass is 10.0. The van der Waals surface area contributed by atoms with E-state index in [-0.39, 0.29) is 42.5 Å². The smallest absolute Gasteiger partial charge is 0.223 e. The van der Waals surface area contributed by atoms with Gasteiger partial charge in [0.1, 0.15) is 0 Å². The largest absolute Gasteiger partial charge is 0.395 e. The van der Waals surface area contributed by atoms with Gasteiger partial charge in [0.05, 0.1) is 18.1 Å². The summed E-state index contributed by atoms with van der Waals surface area (Å²) in [5.74, 6) is 0.420. The summed E-state index contributed by atoms with van der Waals surface area (Å²) in [6.45, 7) is 0.0892. The summed E-state index contributed by atoms with van der Waals surface area (Å²) in [7, 11) is -3.04. The number of hydrogen-bond donors (Lipinski definition) is 1. The molecule has 1 N–H and O–H groups in total. The average Bonchev–Trinajstić information content (AvgIpc) is 3.06. The molecule has 6 heteroatoms. The normalized spacial score (nSPS) is 22.9. The maximum Gasteiger partial charge on any atom is 0.223 e. The molecule has 23 heavy (non-hydrogen) atoms. The van der Waals surface area contributed by atoms with Crippen molar-refractivity contribution in [1.82, 2.24) is 4.90 Å². The predicted molar refractivity (Wildman–Crippen MR) is 87.8 cm³/mol. The first-order valence-electron chi connectivity index (χ1n) is 8.16. The molecule has 1 aliphatic heterocycles. The number of sulfone groups is 1. The summed E-state index contributed by atoms with van der Waals surface area (Å²) in [6, 6.07) is 7.97. The summed E-state index contributed by atoms with van der Waals surface area (Å²) in [6.07, 6.45) is 2.71. The number of amides is 1. The van der Waals surface area contributed by atoms with E-state index in [1.54, 1.807) is 4.90 Å². The summed E-state index contributed by atoms with van der Waals surface area (Å²) >= 11 is 0. The van der Waals surface area contributed by atoms with Crippen molar-refractivity contribution in [3.8, 4) is 0 Å². The fourth-order valence-corrected chi connectivity index (χ4v) is 5.53. The van der Waals surface area contributed by atoms with Crippen molar-refractivity contribution >= 4 is 15.7 Å². The van der Waals surface area contributed by atoms with Gasteiger partial charge >= 0.3 is 0 Å². The Morgan fingerprint density at radius 1 is 1.22 bits per heavy atom. The van der Waals surface area contributed by atoms with E-state index in [1.807, 2.05) is 12.1 Å². The van der Waals surface area contributed by atoms with Gasteiger partial charge in [-0.3, -0.25) is 4.79 Å². The monoisotopic (exact) mass is 337 g/mol. The number of benzene rings is 1. The zero-order chi connectivity index (χ0) is 16.4. The van der Waals surface area contributed by atoms with Gasteiger partial charge in [-0.2, -0.15) is 0 Å². The Hall–Kier alpha value is -1.40. The van der Waals surface area contributed by atoms with Gasteiger partial charge in [-0.15, -0.1) is 0 Å². The van der Waals surface area contributed by atoms with E-state index < -0.39 is 9.84 Å². The average molecular weight is 337 g/mol. The highest BCUT2D eigenvalue weighted by Crippen LogP contribution is 2.29. The Kier molecular flexibility index (Phi) is 4.73. The number of fused-ring (bicyclic) bond motifs is 1. The first-order valence-corrected chi connectivity index (χ1v) is 9.98. The zero-order valence-corrected chi connectivity index (χ0v) is 14.0. The van der Waals surface area contributed by atoms with Gasteiger partial charge < -0.3 is 10.0 Å². The maximum atomic E-state index is 12.7. The van der Waals surface area contributed by atoms with Crippen molar-refractivity contribution in [1.29, 1.82) is 0 Å². The van der Waals surface area contributed by atoms with Gasteiger partial charge in [-0.25, -0.2) is 8.42 Å². The van der Waals surface area contributed by atoms with Crippen molar-refractivity contribution < 1.29 is 18.3 Å². The summed E-state index contributed by atoms with van der Waals surface area (Å²) in [4.78, 5) is 14.2. The number of nitrogens with zero attached hydrogens (tertiary/aromatic N) is 1. The second-order valence-electron chi connectivity index (χ2n) is 6.61. The number of carbonyl (C=O) groups is 1. The van der Waals surface area contributed by atoms with Crippen LogP contribution >= 0.6 is 0 Å². The van der Waals surface area contributed by atoms with Gasteiger partial charge in [0.15, 0.2) is 9.84 Å². The minimum Gasteiger partial charge on any atom is -0.395 e. The Bertz CT molecular complexity index is 661. The van der Waals surface area contributed by atoms with Crippen LogP contribution in [0.15, 0.2) is 24.3 Å². The van der Waals surface area contributed by atoms with Crippen molar-refractivity contribution in [2.45, 2.75) is 31.7 Å². The zero-order valence-electron chi connectivity index (χ0n) is 13.1. The molecule has 0 saturated carbocycles. The molecule has 5 nitrogen and oxygen atoms in total. The molecule has 3 rings (SSSR count). The van der Waals surface area contributed by atoms with Crippen molar-refractivity contribution in [3.05, 3.63) is 35.4 Å². The topological polar surface area (TPSA) is 74.7 Å². The Balaban J connectivity index is 1.64. The van der Waals surface area contributed by atoms with Crippen LogP contribution in [0.5, 0.6) is 0 Å². The van der Waals surface area contributed by atoms with Crippen LogP contribution in [0.3, 0.4) is 0 Å². The Morgan fingerprint density at radius 3 is 2.39 bits per heavy atom. The second-order valence-corrected chi connectivity index (χ2v) is 8.84.